The number of benzene rings is 2. The molecule has 3 aromatic rings. The van der Waals surface area contributed by atoms with Gasteiger partial charge in [-0.25, -0.2) is 4.39 Å². The van der Waals surface area contributed by atoms with Crippen molar-refractivity contribution in [2.75, 3.05) is 11.9 Å². The fourth-order valence-electron chi connectivity index (χ4n) is 2.51. The minimum atomic E-state index is -0.411. The van der Waals surface area contributed by atoms with Gasteiger partial charge >= 0.3 is 0 Å². The van der Waals surface area contributed by atoms with Crippen LogP contribution in [0.15, 0.2) is 53.1 Å². The van der Waals surface area contributed by atoms with Crippen LogP contribution >= 0.6 is 0 Å². The number of hydrogen-bond donors (Lipinski definition) is 1. The highest BCUT2D eigenvalue weighted by Gasteiger charge is 2.22. The average Bonchev–Trinajstić information content (AvgIpc) is 2.98. The summed E-state index contributed by atoms with van der Waals surface area (Å²) in [6, 6.07) is 13.0. The monoisotopic (exact) mass is 340 g/mol. The van der Waals surface area contributed by atoms with E-state index in [2.05, 4.69) is 10.5 Å². The molecule has 1 heterocycles. The summed E-state index contributed by atoms with van der Waals surface area (Å²) in [5.41, 5.74) is 1.57. The molecule has 0 aliphatic heterocycles. The van der Waals surface area contributed by atoms with Crippen LogP contribution in [0.25, 0.3) is 11.3 Å². The van der Waals surface area contributed by atoms with Crippen LogP contribution in [0.4, 0.5) is 10.1 Å². The topological polar surface area (TPSA) is 64.4 Å². The molecule has 0 aliphatic carbocycles. The van der Waals surface area contributed by atoms with E-state index in [-0.39, 0.29) is 5.56 Å². The number of nitrogens with zero attached hydrogens (tertiary/aromatic N) is 1. The number of hydrogen-bond acceptors (Lipinski definition) is 4. The van der Waals surface area contributed by atoms with Gasteiger partial charge in [-0.1, -0.05) is 29.4 Å². The van der Waals surface area contributed by atoms with Gasteiger partial charge in [-0.05, 0) is 38.1 Å². The lowest BCUT2D eigenvalue weighted by molar-refractivity contribution is 0.102. The fourth-order valence-corrected chi connectivity index (χ4v) is 2.51. The Balaban J connectivity index is 1.95. The van der Waals surface area contributed by atoms with Crippen molar-refractivity contribution in [2.45, 2.75) is 13.8 Å². The summed E-state index contributed by atoms with van der Waals surface area (Å²) in [5, 5.41) is 6.72. The van der Waals surface area contributed by atoms with Crippen molar-refractivity contribution in [1.29, 1.82) is 0 Å². The van der Waals surface area contributed by atoms with Gasteiger partial charge in [-0.2, -0.15) is 0 Å². The summed E-state index contributed by atoms with van der Waals surface area (Å²) < 4.78 is 24.2. The first-order chi connectivity index (χ1) is 12.1. The average molecular weight is 340 g/mol. The van der Waals surface area contributed by atoms with E-state index in [1.165, 1.54) is 12.1 Å². The molecule has 5 nitrogen and oxygen atoms in total. The fraction of sp³-hybridized carbons (Fsp3) is 0.158. The van der Waals surface area contributed by atoms with Crippen LogP contribution in [0, 0.1) is 12.7 Å². The largest absolute Gasteiger partial charge is 0.492 e. The van der Waals surface area contributed by atoms with Gasteiger partial charge < -0.3 is 14.6 Å². The summed E-state index contributed by atoms with van der Waals surface area (Å²) in [4.78, 5) is 12.8. The zero-order valence-corrected chi connectivity index (χ0v) is 13.9. The number of carbonyl (C=O) groups excluding carboxylic acids is 1. The molecular formula is C19H17FN2O3. The Morgan fingerprint density at radius 3 is 2.80 bits per heavy atom. The van der Waals surface area contributed by atoms with E-state index in [9.17, 15) is 9.18 Å². The summed E-state index contributed by atoms with van der Waals surface area (Å²) >= 11 is 0. The minimum absolute atomic E-state index is 0.261. The van der Waals surface area contributed by atoms with E-state index < -0.39 is 11.7 Å². The molecule has 0 spiro atoms. The van der Waals surface area contributed by atoms with E-state index in [1.807, 2.05) is 13.0 Å². The van der Waals surface area contributed by atoms with E-state index in [0.717, 1.165) is 0 Å². The molecule has 0 unspecified atom stereocenters. The second-order valence-corrected chi connectivity index (χ2v) is 5.36. The molecule has 25 heavy (non-hydrogen) atoms. The van der Waals surface area contributed by atoms with Crippen LogP contribution in [0.1, 0.15) is 23.0 Å². The first-order valence-corrected chi connectivity index (χ1v) is 7.85. The third kappa shape index (κ3) is 3.52. The predicted octanol–water partition coefficient (Wildman–Crippen LogP) is 4.44. The molecule has 0 saturated carbocycles. The molecule has 1 aromatic heterocycles. The Morgan fingerprint density at radius 2 is 2.04 bits per heavy atom. The maximum atomic E-state index is 13.5. The highest BCUT2D eigenvalue weighted by atomic mass is 19.1. The van der Waals surface area contributed by atoms with Crippen LogP contribution in [0.3, 0.4) is 0 Å². The number of aryl methyl sites for hydroxylation is 1. The summed E-state index contributed by atoms with van der Waals surface area (Å²) in [6.07, 6.45) is 0. The third-order valence-electron chi connectivity index (χ3n) is 3.62. The number of ether oxygens (including phenoxy) is 1. The lowest BCUT2D eigenvalue weighted by Crippen LogP contribution is -2.14. The zero-order valence-electron chi connectivity index (χ0n) is 13.9. The smallest absolute Gasteiger partial charge is 0.261 e. The molecule has 0 saturated heterocycles. The number of halogens is 1. The summed E-state index contributed by atoms with van der Waals surface area (Å²) in [5.74, 6) is 0.113. The summed E-state index contributed by atoms with van der Waals surface area (Å²) in [6.45, 7) is 3.98. The van der Waals surface area contributed by atoms with E-state index >= 15 is 0 Å². The number of carbonyl (C=O) groups is 1. The van der Waals surface area contributed by atoms with E-state index in [4.69, 9.17) is 9.26 Å². The minimum Gasteiger partial charge on any atom is -0.492 e. The molecule has 128 valence electrons. The van der Waals surface area contributed by atoms with E-state index in [0.29, 0.717) is 35.1 Å². The lowest BCUT2D eigenvalue weighted by atomic mass is 10.1. The quantitative estimate of drug-likeness (QED) is 0.746. The molecule has 0 fully saturated rings. The Hall–Kier alpha value is -3.15. The normalized spacial score (nSPS) is 10.5. The van der Waals surface area contributed by atoms with Crippen molar-refractivity contribution in [3.8, 4) is 17.0 Å². The van der Waals surface area contributed by atoms with Crippen molar-refractivity contribution in [3.05, 3.63) is 65.7 Å². The molecule has 1 amide bonds. The van der Waals surface area contributed by atoms with Crippen LogP contribution in [-0.2, 0) is 0 Å². The zero-order chi connectivity index (χ0) is 17.8. The van der Waals surface area contributed by atoms with Gasteiger partial charge in [0.2, 0.25) is 0 Å². The first kappa shape index (κ1) is 16.7. The molecular weight excluding hydrogens is 323 g/mol. The number of amides is 1. The van der Waals surface area contributed by atoms with Crippen LogP contribution in [0.5, 0.6) is 5.75 Å². The Labute approximate surface area is 144 Å². The van der Waals surface area contributed by atoms with Crippen molar-refractivity contribution in [3.63, 3.8) is 0 Å². The molecule has 0 bridgehead atoms. The van der Waals surface area contributed by atoms with Gasteiger partial charge in [0.25, 0.3) is 5.91 Å². The number of nitrogens with one attached hydrogen (secondary N) is 1. The van der Waals surface area contributed by atoms with Gasteiger partial charge in [-0.15, -0.1) is 0 Å². The number of aromatic nitrogens is 1. The van der Waals surface area contributed by atoms with Gasteiger partial charge in [-0.3, -0.25) is 4.79 Å². The highest BCUT2D eigenvalue weighted by Crippen LogP contribution is 2.29. The number of para-hydroxylation sites is 2. The number of rotatable bonds is 5. The molecule has 3 rings (SSSR count). The van der Waals surface area contributed by atoms with Crippen molar-refractivity contribution in [1.82, 2.24) is 5.16 Å². The Kier molecular flexibility index (Phi) is 4.79. The van der Waals surface area contributed by atoms with E-state index in [1.54, 1.807) is 37.3 Å². The van der Waals surface area contributed by atoms with Crippen LogP contribution < -0.4 is 10.1 Å². The molecule has 0 aliphatic rings. The first-order valence-electron chi connectivity index (χ1n) is 7.85. The molecule has 0 atom stereocenters. The highest BCUT2D eigenvalue weighted by molar-refractivity contribution is 6.09. The number of anilines is 1. The maximum absolute atomic E-state index is 13.5. The Bertz CT molecular complexity index is 905. The second-order valence-electron chi connectivity index (χ2n) is 5.36. The second kappa shape index (κ2) is 7.17. The lowest BCUT2D eigenvalue weighted by Gasteiger charge is -2.11. The van der Waals surface area contributed by atoms with Crippen LogP contribution in [0.2, 0.25) is 0 Å². The third-order valence-corrected chi connectivity index (χ3v) is 3.62. The van der Waals surface area contributed by atoms with Crippen molar-refractivity contribution < 1.29 is 18.4 Å². The molecule has 2 aromatic carbocycles. The molecule has 6 heteroatoms. The predicted molar refractivity (Wildman–Crippen MR) is 92.2 cm³/mol. The van der Waals surface area contributed by atoms with Gasteiger partial charge in [0.1, 0.15) is 28.6 Å². The Morgan fingerprint density at radius 1 is 1.24 bits per heavy atom. The van der Waals surface area contributed by atoms with Gasteiger partial charge in [0.05, 0.1) is 12.3 Å². The van der Waals surface area contributed by atoms with Gasteiger partial charge in [0, 0.05) is 5.56 Å². The molecule has 1 N–H and O–H groups in total. The van der Waals surface area contributed by atoms with Gasteiger partial charge in [0.15, 0.2) is 0 Å². The van der Waals surface area contributed by atoms with Crippen molar-refractivity contribution >= 4 is 11.6 Å². The summed E-state index contributed by atoms with van der Waals surface area (Å²) in [7, 11) is 0. The molecule has 0 radical (unpaired) electrons. The SMILES string of the molecule is CCOc1ccccc1NC(=O)c1c(-c2cccc(F)c2)noc1C. The van der Waals surface area contributed by atoms with Crippen molar-refractivity contribution in [2.24, 2.45) is 0 Å². The van der Waals surface area contributed by atoms with Crippen LogP contribution in [-0.4, -0.2) is 17.7 Å². The standard InChI is InChI=1S/C19H17FN2O3/c1-3-24-16-10-5-4-9-15(16)21-19(23)17-12(2)25-22-18(17)13-7-6-8-14(20)11-13/h4-11H,3H2,1-2H3,(H,21,23). The maximum Gasteiger partial charge on any atom is 0.261 e.